The number of hydrogen-bond donors (Lipinski definition) is 2. The molecule has 3 atom stereocenters. The number of fused-ring (bicyclic) bond motifs is 3. The maximum atomic E-state index is 15.9. The number of amides is 5. The Morgan fingerprint density at radius 3 is 2.03 bits per heavy atom. The van der Waals surface area contributed by atoms with Crippen molar-refractivity contribution in [2.45, 2.75) is 139 Å². The minimum atomic E-state index is -0.731. The van der Waals surface area contributed by atoms with Crippen molar-refractivity contribution in [2.75, 3.05) is 58.9 Å². The van der Waals surface area contributed by atoms with Gasteiger partial charge in [-0.3, -0.25) is 33.7 Å². The number of halogens is 2. The molecule has 0 spiro atoms. The summed E-state index contributed by atoms with van der Waals surface area (Å²) in [6, 6.07) is 16.2. The maximum Gasteiger partial charge on any atom is 0.272 e. The van der Waals surface area contributed by atoms with E-state index in [-0.39, 0.29) is 90.2 Å². The van der Waals surface area contributed by atoms with Crippen LogP contribution < -0.4 is 10.9 Å². The average molecular weight is 1030 g/mol. The third-order valence-corrected chi connectivity index (χ3v) is 17.7. The maximum absolute atomic E-state index is 15.9. The van der Waals surface area contributed by atoms with Gasteiger partial charge < -0.3 is 29.7 Å². The number of likely N-dealkylation sites (tertiary alicyclic amines) is 2. The van der Waals surface area contributed by atoms with E-state index in [2.05, 4.69) is 25.3 Å². The van der Waals surface area contributed by atoms with Gasteiger partial charge in [-0.25, -0.2) is 13.9 Å². The first kappa shape index (κ1) is 51.1. The van der Waals surface area contributed by atoms with Gasteiger partial charge in [0, 0.05) is 82.2 Å². The topological polar surface area (TPSA) is 169 Å². The first-order chi connectivity index (χ1) is 36.4. The van der Waals surface area contributed by atoms with Crippen molar-refractivity contribution in [3.63, 3.8) is 0 Å². The Kier molecular flexibility index (Phi) is 15.2. The second-order valence-electron chi connectivity index (χ2n) is 22.5. The molecular formula is C58H70F2N8O7. The molecule has 2 aliphatic carbocycles. The van der Waals surface area contributed by atoms with Gasteiger partial charge in [0.15, 0.2) is 0 Å². The van der Waals surface area contributed by atoms with Crippen LogP contribution in [-0.2, 0) is 25.5 Å². The largest absolute Gasteiger partial charge is 0.375 e. The Bertz CT molecular complexity index is 2830. The van der Waals surface area contributed by atoms with Gasteiger partial charge in [0.05, 0.1) is 41.0 Å². The molecule has 2 N–H and O–H groups in total. The van der Waals surface area contributed by atoms with Crippen LogP contribution >= 0.6 is 0 Å². The van der Waals surface area contributed by atoms with Gasteiger partial charge in [-0.05, 0) is 130 Å². The van der Waals surface area contributed by atoms with Crippen molar-refractivity contribution in [1.82, 2.24) is 40.0 Å². The summed E-state index contributed by atoms with van der Waals surface area (Å²) >= 11 is 0. The highest BCUT2D eigenvalue weighted by molar-refractivity contribution is 5.98. The summed E-state index contributed by atoms with van der Waals surface area (Å²) in [6.45, 7) is 4.00. The van der Waals surface area contributed by atoms with Crippen LogP contribution in [0.4, 0.5) is 8.78 Å². The molecule has 3 aromatic carbocycles. The van der Waals surface area contributed by atoms with Crippen molar-refractivity contribution in [3.05, 3.63) is 111 Å². The lowest BCUT2D eigenvalue weighted by molar-refractivity contribution is -0.140. The molecule has 7 aliphatic rings. The molecule has 2 saturated carbocycles. The molecule has 17 heteroatoms. The monoisotopic (exact) mass is 1030 g/mol. The predicted molar refractivity (Wildman–Crippen MR) is 277 cm³/mol. The van der Waals surface area contributed by atoms with E-state index in [1.807, 2.05) is 23.1 Å². The summed E-state index contributed by atoms with van der Waals surface area (Å²) in [4.78, 5) is 90.1. The summed E-state index contributed by atoms with van der Waals surface area (Å²) in [5, 5.41) is 11.0. The molecule has 15 nitrogen and oxygen atoms in total. The van der Waals surface area contributed by atoms with Gasteiger partial charge in [-0.15, -0.1) is 0 Å². The SMILES string of the molecule is O=C(N[C@@H](C(=O)N1CCC(OC2CCN(CC(=O)N3CCN(C(=O)c4cc(Cc5n[nH]c(=O)c6ccccc56)ccc4F)CC3)CC2)CC1)C1CCCCC1)c1ccc(C2CC3CCC(C2)N3C(=O)C2CC2)cc1F. The number of aromatic nitrogens is 2. The number of carbonyl (C=O) groups excluding carboxylic acids is 5. The molecule has 4 aromatic rings. The van der Waals surface area contributed by atoms with Crippen molar-refractivity contribution < 1.29 is 37.5 Å². The van der Waals surface area contributed by atoms with Crippen LogP contribution in [0.2, 0.25) is 0 Å². The van der Waals surface area contributed by atoms with E-state index in [0.29, 0.717) is 86.5 Å². The first-order valence-corrected chi connectivity index (χ1v) is 27.8. The van der Waals surface area contributed by atoms with Crippen molar-refractivity contribution >= 4 is 40.3 Å². The summed E-state index contributed by atoms with van der Waals surface area (Å²) in [7, 11) is 0. The minimum Gasteiger partial charge on any atom is -0.375 e. The van der Waals surface area contributed by atoms with Crippen LogP contribution in [0.15, 0.2) is 65.5 Å². The number of benzene rings is 3. The van der Waals surface area contributed by atoms with E-state index < -0.39 is 29.5 Å². The first-order valence-electron chi connectivity index (χ1n) is 27.8. The molecule has 11 rings (SSSR count). The molecule has 5 amide bonds. The zero-order chi connectivity index (χ0) is 51.7. The number of H-pyrrole nitrogens is 1. The number of nitrogens with one attached hydrogen (secondary N) is 2. The highest BCUT2D eigenvalue weighted by atomic mass is 19.1. The summed E-state index contributed by atoms with van der Waals surface area (Å²) in [6.07, 6.45) is 13.6. The van der Waals surface area contributed by atoms with E-state index in [1.54, 1.807) is 40.1 Å². The van der Waals surface area contributed by atoms with E-state index in [1.165, 1.54) is 12.1 Å². The van der Waals surface area contributed by atoms with Crippen LogP contribution in [0.3, 0.4) is 0 Å². The fraction of sp³-hybridized carbons (Fsp3) is 0.569. The number of hydrogen-bond acceptors (Lipinski definition) is 9. The third kappa shape index (κ3) is 11.3. The number of aromatic amines is 1. The molecule has 0 radical (unpaired) electrons. The molecule has 398 valence electrons. The number of nitrogens with zero attached hydrogens (tertiary/aromatic N) is 6. The lowest BCUT2D eigenvalue weighted by atomic mass is 9.82. The Morgan fingerprint density at radius 2 is 1.35 bits per heavy atom. The number of piperazine rings is 1. The average Bonchev–Trinajstić information content (AvgIpc) is 4.26. The summed E-state index contributed by atoms with van der Waals surface area (Å²) < 4.78 is 37.6. The van der Waals surface area contributed by atoms with Crippen molar-refractivity contribution in [2.24, 2.45) is 11.8 Å². The van der Waals surface area contributed by atoms with E-state index in [9.17, 15) is 28.8 Å². The molecular weight excluding hydrogens is 959 g/mol. The number of piperidine rings is 3. The molecule has 5 saturated heterocycles. The van der Waals surface area contributed by atoms with Gasteiger partial charge in [-0.1, -0.05) is 49.6 Å². The van der Waals surface area contributed by atoms with Crippen LogP contribution in [-0.4, -0.2) is 153 Å². The zero-order valence-corrected chi connectivity index (χ0v) is 42.9. The smallest absolute Gasteiger partial charge is 0.272 e. The molecule has 75 heavy (non-hydrogen) atoms. The van der Waals surface area contributed by atoms with Gasteiger partial charge in [-0.2, -0.15) is 5.10 Å². The van der Waals surface area contributed by atoms with Crippen molar-refractivity contribution in [3.8, 4) is 0 Å². The van der Waals surface area contributed by atoms with Crippen LogP contribution in [0, 0.1) is 23.5 Å². The van der Waals surface area contributed by atoms with E-state index >= 15 is 8.78 Å². The summed E-state index contributed by atoms with van der Waals surface area (Å²) in [5.41, 5.74) is 1.80. The standard InChI is InChI=1S/C58H70F2N8O7/c59-49-17-10-36(31-51-45-8-4-5-9-46(45)55(71)63-62-51)30-48(49)57(73)67-28-26-65(27-29-67)52(69)35-64-22-18-43(19-23-64)75-44-20-24-66(25-21-44)58(74)53(37-6-2-1-3-7-37)61-54(70)47-16-13-39(34-50(47)60)40-32-41-14-15-42(33-40)68(41)56(72)38-11-12-38/h4-5,8-10,13,16-17,30,34,37-38,40-44,53H,1-3,6-7,11-12,14-15,18-29,31-33,35H2,(H,61,70)(H,63,71)/t40?,41?,42?,53-/m1/s1. The number of carbonyl (C=O) groups is 5. The third-order valence-electron chi connectivity index (χ3n) is 17.7. The fourth-order valence-corrected chi connectivity index (χ4v) is 13.2. The normalized spacial score (nSPS) is 23.6. The molecule has 2 bridgehead atoms. The number of ether oxygens (including phenoxy) is 1. The van der Waals surface area contributed by atoms with Crippen LogP contribution in [0.1, 0.15) is 140 Å². The van der Waals surface area contributed by atoms with Crippen LogP contribution in [0.25, 0.3) is 10.8 Å². The Hall–Kier alpha value is -6.07. The molecule has 6 heterocycles. The lowest BCUT2D eigenvalue weighted by Crippen LogP contribution is -2.55. The molecule has 1 aromatic heterocycles. The predicted octanol–water partition coefficient (Wildman–Crippen LogP) is 6.57. The second kappa shape index (κ2) is 22.3. The second-order valence-corrected chi connectivity index (χ2v) is 22.5. The highest BCUT2D eigenvalue weighted by Crippen LogP contribution is 2.46. The van der Waals surface area contributed by atoms with Gasteiger partial charge in [0.2, 0.25) is 17.7 Å². The lowest BCUT2D eigenvalue weighted by Gasteiger charge is -2.40. The van der Waals surface area contributed by atoms with Gasteiger partial charge in [0.25, 0.3) is 17.4 Å². The van der Waals surface area contributed by atoms with Gasteiger partial charge >= 0.3 is 0 Å². The van der Waals surface area contributed by atoms with E-state index in [4.69, 9.17) is 4.74 Å². The van der Waals surface area contributed by atoms with Crippen molar-refractivity contribution in [1.29, 1.82) is 0 Å². The Labute approximate surface area is 436 Å². The minimum absolute atomic E-state index is 0.00460. The Balaban J connectivity index is 0.616. The van der Waals surface area contributed by atoms with E-state index in [0.717, 1.165) is 89.0 Å². The molecule has 5 aliphatic heterocycles. The number of rotatable bonds is 13. The zero-order valence-electron chi connectivity index (χ0n) is 42.9. The molecule has 7 fully saturated rings. The highest BCUT2D eigenvalue weighted by Gasteiger charge is 2.47. The van der Waals surface area contributed by atoms with Crippen LogP contribution in [0.5, 0.6) is 0 Å². The fourth-order valence-electron chi connectivity index (χ4n) is 13.2. The van der Waals surface area contributed by atoms with Gasteiger partial charge in [0.1, 0.15) is 17.7 Å². The summed E-state index contributed by atoms with van der Waals surface area (Å²) in [5.74, 6) is -1.66. The molecule has 2 unspecified atom stereocenters. The quantitative estimate of drug-likeness (QED) is 0.151. The Morgan fingerprint density at radius 1 is 0.680 bits per heavy atom.